The highest BCUT2D eigenvalue weighted by atomic mass is 35.5. The quantitative estimate of drug-likeness (QED) is 0.360. The molecule has 0 N–H and O–H groups in total. The molecule has 7 heteroatoms. The summed E-state index contributed by atoms with van der Waals surface area (Å²) in [7, 11) is 0. The summed E-state index contributed by atoms with van der Waals surface area (Å²) in [5.74, 6) is 0.324. The summed E-state index contributed by atoms with van der Waals surface area (Å²) >= 11 is 5.92. The number of carbonyl (C=O) groups excluding carboxylic acids is 1. The Labute approximate surface area is 127 Å². The van der Waals surface area contributed by atoms with Gasteiger partial charge in [-0.25, -0.2) is 4.79 Å². The Morgan fingerprint density at radius 3 is 2.95 bits per heavy atom. The van der Waals surface area contributed by atoms with Gasteiger partial charge >= 0.3 is 6.09 Å². The number of amides is 1. The average molecular weight is 313 g/mol. The summed E-state index contributed by atoms with van der Waals surface area (Å²) in [6.45, 7) is 2.75. The number of hydrogen-bond acceptors (Lipinski definition) is 4. The van der Waals surface area contributed by atoms with Crippen molar-refractivity contribution in [2.75, 3.05) is 23.9 Å². The molecular weight excluding hydrogens is 296 g/mol. The summed E-state index contributed by atoms with van der Waals surface area (Å²) in [4.78, 5) is 24.0. The number of non-ortho nitro benzene ring substituents is 1. The van der Waals surface area contributed by atoms with Gasteiger partial charge in [0.1, 0.15) is 0 Å². The molecule has 2 rings (SSSR count). The Morgan fingerprint density at radius 1 is 1.57 bits per heavy atom. The first-order valence-electron chi connectivity index (χ1n) is 6.87. The SMILES string of the molecule is CCCCOC(=O)N1CC(CCl)c2ccc([N+](=O)[O-])cc21. The van der Waals surface area contributed by atoms with Crippen LogP contribution in [0.2, 0.25) is 0 Å². The molecule has 1 heterocycles. The summed E-state index contributed by atoms with van der Waals surface area (Å²) in [5.41, 5.74) is 1.33. The second kappa shape index (κ2) is 6.76. The molecule has 1 amide bonds. The van der Waals surface area contributed by atoms with Crippen LogP contribution in [-0.2, 0) is 4.74 Å². The van der Waals surface area contributed by atoms with Crippen molar-refractivity contribution in [3.63, 3.8) is 0 Å². The average Bonchev–Trinajstić information content (AvgIpc) is 2.85. The van der Waals surface area contributed by atoms with Crippen LogP contribution in [0.3, 0.4) is 0 Å². The number of nitrogens with zero attached hydrogens (tertiary/aromatic N) is 2. The number of hydrogen-bond donors (Lipinski definition) is 0. The van der Waals surface area contributed by atoms with Crippen LogP contribution in [0.4, 0.5) is 16.2 Å². The lowest BCUT2D eigenvalue weighted by atomic mass is 10.0. The Morgan fingerprint density at radius 2 is 2.33 bits per heavy atom. The molecule has 1 aliphatic rings. The molecule has 0 saturated carbocycles. The molecule has 1 atom stereocenters. The molecule has 0 bridgehead atoms. The van der Waals surface area contributed by atoms with Gasteiger partial charge in [0.2, 0.25) is 0 Å². The smallest absolute Gasteiger partial charge is 0.414 e. The van der Waals surface area contributed by atoms with Crippen molar-refractivity contribution in [1.82, 2.24) is 0 Å². The Bertz CT molecular complexity index is 550. The Balaban J connectivity index is 2.24. The third-order valence-electron chi connectivity index (χ3n) is 3.49. The highest BCUT2D eigenvalue weighted by Crippen LogP contribution is 2.39. The highest BCUT2D eigenvalue weighted by Gasteiger charge is 2.34. The number of nitro benzene ring substituents is 1. The second-order valence-electron chi connectivity index (χ2n) is 4.93. The van der Waals surface area contributed by atoms with Gasteiger partial charge in [0, 0.05) is 30.5 Å². The minimum Gasteiger partial charge on any atom is -0.449 e. The fraction of sp³-hybridized carbons (Fsp3) is 0.500. The van der Waals surface area contributed by atoms with Crippen LogP contribution in [0.15, 0.2) is 18.2 Å². The van der Waals surface area contributed by atoms with Crippen LogP contribution < -0.4 is 4.90 Å². The summed E-state index contributed by atoms with van der Waals surface area (Å²) < 4.78 is 5.19. The minimum absolute atomic E-state index is 0.0267. The Hall–Kier alpha value is -1.82. The fourth-order valence-electron chi connectivity index (χ4n) is 2.33. The molecule has 1 aromatic rings. The summed E-state index contributed by atoms with van der Waals surface area (Å²) in [6, 6.07) is 4.51. The minimum atomic E-state index is -0.477. The zero-order chi connectivity index (χ0) is 15.4. The molecule has 0 aromatic heterocycles. The normalized spacial score (nSPS) is 16.7. The van der Waals surface area contributed by atoms with Crippen molar-refractivity contribution in [2.24, 2.45) is 0 Å². The van der Waals surface area contributed by atoms with E-state index < -0.39 is 11.0 Å². The van der Waals surface area contributed by atoms with E-state index in [1.54, 1.807) is 6.07 Å². The molecule has 0 spiro atoms. The first kappa shape index (κ1) is 15.6. The van der Waals surface area contributed by atoms with E-state index in [9.17, 15) is 14.9 Å². The number of halogens is 1. The van der Waals surface area contributed by atoms with Crippen molar-refractivity contribution in [2.45, 2.75) is 25.7 Å². The van der Waals surface area contributed by atoms with Gasteiger partial charge in [-0.3, -0.25) is 15.0 Å². The maximum absolute atomic E-state index is 12.1. The zero-order valence-corrected chi connectivity index (χ0v) is 12.5. The number of benzene rings is 1. The number of ether oxygens (including phenoxy) is 1. The molecule has 1 aliphatic heterocycles. The van der Waals surface area contributed by atoms with Gasteiger partial charge in [-0.2, -0.15) is 0 Å². The fourth-order valence-corrected chi connectivity index (χ4v) is 2.59. The monoisotopic (exact) mass is 312 g/mol. The molecule has 0 radical (unpaired) electrons. The van der Waals surface area contributed by atoms with E-state index in [0.29, 0.717) is 24.7 Å². The Kier molecular flexibility index (Phi) is 5.01. The molecule has 21 heavy (non-hydrogen) atoms. The molecule has 0 aliphatic carbocycles. The van der Waals surface area contributed by atoms with E-state index in [0.717, 1.165) is 18.4 Å². The predicted molar refractivity (Wildman–Crippen MR) is 80.2 cm³/mol. The second-order valence-corrected chi connectivity index (χ2v) is 5.24. The summed E-state index contributed by atoms with van der Waals surface area (Å²) in [5, 5.41) is 10.9. The van der Waals surface area contributed by atoms with Crippen molar-refractivity contribution >= 4 is 29.1 Å². The van der Waals surface area contributed by atoms with E-state index >= 15 is 0 Å². The molecule has 0 fully saturated rings. The van der Waals surface area contributed by atoms with Crippen LogP contribution >= 0.6 is 11.6 Å². The lowest BCUT2D eigenvalue weighted by Crippen LogP contribution is -2.31. The van der Waals surface area contributed by atoms with Gasteiger partial charge in [-0.05, 0) is 18.1 Å². The topological polar surface area (TPSA) is 72.7 Å². The lowest BCUT2D eigenvalue weighted by molar-refractivity contribution is -0.384. The van der Waals surface area contributed by atoms with E-state index in [1.807, 2.05) is 6.92 Å². The van der Waals surface area contributed by atoms with Crippen LogP contribution in [0.25, 0.3) is 0 Å². The van der Waals surface area contributed by atoms with Gasteiger partial charge in [-0.15, -0.1) is 11.6 Å². The molecule has 114 valence electrons. The van der Waals surface area contributed by atoms with Crippen LogP contribution in [0.5, 0.6) is 0 Å². The maximum atomic E-state index is 12.1. The highest BCUT2D eigenvalue weighted by molar-refractivity contribution is 6.18. The summed E-state index contributed by atoms with van der Waals surface area (Å²) in [6.07, 6.45) is 1.25. The molecule has 6 nitrogen and oxygen atoms in total. The molecule has 1 unspecified atom stereocenters. The van der Waals surface area contributed by atoms with Gasteiger partial charge in [0.05, 0.1) is 17.2 Å². The van der Waals surface area contributed by atoms with E-state index in [4.69, 9.17) is 16.3 Å². The van der Waals surface area contributed by atoms with Crippen molar-refractivity contribution in [1.29, 1.82) is 0 Å². The third kappa shape index (κ3) is 3.26. The standard InChI is InChI=1S/C14H17ClN2O4/c1-2-3-6-21-14(18)16-9-10(8-15)12-5-4-11(17(19)20)7-13(12)16/h4-5,7,10H,2-3,6,8-9H2,1H3. The number of fused-ring (bicyclic) bond motifs is 1. The molecule has 1 aromatic carbocycles. The number of anilines is 1. The zero-order valence-electron chi connectivity index (χ0n) is 11.8. The van der Waals surface area contributed by atoms with Gasteiger partial charge in [0.15, 0.2) is 0 Å². The van der Waals surface area contributed by atoms with E-state index in [-0.39, 0.29) is 11.6 Å². The van der Waals surface area contributed by atoms with E-state index in [1.165, 1.54) is 17.0 Å². The number of alkyl halides is 1. The van der Waals surface area contributed by atoms with Crippen LogP contribution in [0.1, 0.15) is 31.2 Å². The molecule has 0 saturated heterocycles. The lowest BCUT2D eigenvalue weighted by Gasteiger charge is -2.17. The first-order valence-corrected chi connectivity index (χ1v) is 7.40. The maximum Gasteiger partial charge on any atom is 0.414 e. The number of carbonyl (C=O) groups is 1. The van der Waals surface area contributed by atoms with Crippen molar-refractivity contribution < 1.29 is 14.5 Å². The van der Waals surface area contributed by atoms with Gasteiger partial charge in [0.25, 0.3) is 5.69 Å². The van der Waals surface area contributed by atoms with Crippen LogP contribution in [0, 0.1) is 10.1 Å². The van der Waals surface area contributed by atoms with Crippen molar-refractivity contribution in [3.05, 3.63) is 33.9 Å². The van der Waals surface area contributed by atoms with Crippen molar-refractivity contribution in [3.8, 4) is 0 Å². The molecular formula is C14H17ClN2O4. The van der Waals surface area contributed by atoms with Gasteiger partial charge < -0.3 is 4.74 Å². The third-order valence-corrected chi connectivity index (χ3v) is 3.86. The van der Waals surface area contributed by atoms with Gasteiger partial charge in [-0.1, -0.05) is 13.3 Å². The largest absolute Gasteiger partial charge is 0.449 e. The number of rotatable bonds is 5. The number of nitro groups is 1. The van der Waals surface area contributed by atoms with E-state index in [2.05, 4.69) is 0 Å². The first-order chi connectivity index (χ1) is 10.1. The van der Waals surface area contributed by atoms with Crippen LogP contribution in [-0.4, -0.2) is 30.0 Å². The predicted octanol–water partition coefficient (Wildman–Crippen LogP) is 3.67. The number of unbranched alkanes of at least 4 members (excludes halogenated alkanes) is 1.